The van der Waals surface area contributed by atoms with Crippen LogP contribution in [0.25, 0.3) is 10.9 Å². The van der Waals surface area contributed by atoms with Crippen LogP contribution in [-0.4, -0.2) is 16.9 Å². The number of carbonyl (C=O) groups is 1. The minimum Gasteiger partial charge on any atom is -0.357 e. The normalized spacial score (nSPS) is 15.2. The van der Waals surface area contributed by atoms with Crippen molar-refractivity contribution in [3.8, 4) is 0 Å². The number of rotatable bonds is 2. The van der Waals surface area contributed by atoms with E-state index < -0.39 is 0 Å². The van der Waals surface area contributed by atoms with Gasteiger partial charge in [0.15, 0.2) is 0 Å². The number of benzene rings is 1. The number of H-pyrrole nitrogens is 1. The maximum absolute atomic E-state index is 12.1. The number of nitrogens with one attached hydrogen (secondary N) is 2. The minimum atomic E-state index is -0.00137. The van der Waals surface area contributed by atoms with Gasteiger partial charge in [0, 0.05) is 17.1 Å². The van der Waals surface area contributed by atoms with Gasteiger partial charge in [-0.3, -0.25) is 4.79 Å². The zero-order valence-electron chi connectivity index (χ0n) is 9.51. The van der Waals surface area contributed by atoms with Crippen molar-refractivity contribution < 1.29 is 4.79 Å². The lowest BCUT2D eigenvalue weighted by atomic mass is 10.1. The zero-order valence-corrected chi connectivity index (χ0v) is 10.3. The van der Waals surface area contributed by atoms with Gasteiger partial charge >= 0.3 is 0 Å². The molecule has 1 saturated carbocycles. The fraction of sp³-hybridized carbons (Fsp3) is 0.308. The van der Waals surface area contributed by atoms with Crippen molar-refractivity contribution in [2.75, 3.05) is 0 Å². The third-order valence-electron chi connectivity index (χ3n) is 3.11. The van der Waals surface area contributed by atoms with Crippen molar-refractivity contribution in [2.45, 2.75) is 25.8 Å². The lowest BCUT2D eigenvalue weighted by molar-refractivity contribution is 0.0952. The summed E-state index contributed by atoms with van der Waals surface area (Å²) in [4.78, 5) is 15.3. The number of para-hydroxylation sites is 1. The highest BCUT2D eigenvalue weighted by Gasteiger charge is 2.26. The summed E-state index contributed by atoms with van der Waals surface area (Å²) in [6.45, 7) is 1.90. The van der Waals surface area contributed by atoms with Crippen molar-refractivity contribution in [2.24, 2.45) is 0 Å². The topological polar surface area (TPSA) is 44.9 Å². The summed E-state index contributed by atoms with van der Waals surface area (Å²) >= 11 is 6.10. The number of halogens is 1. The molecule has 0 aliphatic heterocycles. The molecule has 1 aliphatic rings. The van der Waals surface area contributed by atoms with E-state index in [9.17, 15) is 4.79 Å². The first-order chi connectivity index (χ1) is 8.16. The van der Waals surface area contributed by atoms with E-state index in [1.807, 2.05) is 25.1 Å². The molecule has 3 nitrogen and oxygen atoms in total. The monoisotopic (exact) mass is 248 g/mol. The van der Waals surface area contributed by atoms with Gasteiger partial charge in [-0.2, -0.15) is 0 Å². The third-order valence-corrected chi connectivity index (χ3v) is 3.43. The summed E-state index contributed by atoms with van der Waals surface area (Å²) in [6, 6.07) is 5.98. The first-order valence-corrected chi connectivity index (χ1v) is 6.12. The van der Waals surface area contributed by atoms with E-state index in [4.69, 9.17) is 11.6 Å². The summed E-state index contributed by atoms with van der Waals surface area (Å²) in [5.74, 6) is -0.00137. The highest BCUT2D eigenvalue weighted by Crippen LogP contribution is 2.28. The number of aromatic nitrogens is 1. The molecule has 1 aromatic heterocycles. The molecule has 2 N–H and O–H groups in total. The van der Waals surface area contributed by atoms with Crippen LogP contribution in [0, 0.1) is 6.92 Å². The molecule has 1 amide bonds. The Labute approximate surface area is 104 Å². The van der Waals surface area contributed by atoms with Gasteiger partial charge in [-0.25, -0.2) is 0 Å². The molecule has 1 heterocycles. The average molecular weight is 249 g/mol. The van der Waals surface area contributed by atoms with E-state index in [-0.39, 0.29) is 5.91 Å². The maximum Gasteiger partial charge on any atom is 0.253 e. The number of amides is 1. The number of hydrogen-bond acceptors (Lipinski definition) is 1. The number of hydrogen-bond donors (Lipinski definition) is 2. The van der Waals surface area contributed by atoms with E-state index in [0.717, 1.165) is 35.0 Å². The van der Waals surface area contributed by atoms with E-state index in [0.29, 0.717) is 11.1 Å². The highest BCUT2D eigenvalue weighted by atomic mass is 35.5. The van der Waals surface area contributed by atoms with E-state index in [1.165, 1.54) is 0 Å². The van der Waals surface area contributed by atoms with Gasteiger partial charge in [-0.15, -0.1) is 0 Å². The fourth-order valence-corrected chi connectivity index (χ4v) is 2.31. The Bertz CT molecular complexity index is 599. The van der Waals surface area contributed by atoms with E-state index >= 15 is 0 Å². The molecule has 1 fully saturated rings. The van der Waals surface area contributed by atoms with Crippen molar-refractivity contribution in [3.63, 3.8) is 0 Å². The SMILES string of the molecule is Cc1[nH]c2c(Cl)cccc2c1C(=O)NC1CC1. The molecule has 3 rings (SSSR count). The molecule has 2 aromatic rings. The van der Waals surface area contributed by atoms with Gasteiger partial charge < -0.3 is 10.3 Å². The van der Waals surface area contributed by atoms with Gasteiger partial charge in [0.05, 0.1) is 16.1 Å². The molecule has 0 atom stereocenters. The smallest absolute Gasteiger partial charge is 0.253 e. The van der Waals surface area contributed by atoms with Gasteiger partial charge in [-0.05, 0) is 25.8 Å². The second-order valence-electron chi connectivity index (χ2n) is 4.54. The third kappa shape index (κ3) is 1.80. The van der Waals surface area contributed by atoms with Crippen molar-refractivity contribution >= 4 is 28.4 Å². The molecule has 0 unspecified atom stereocenters. The number of aryl methyl sites for hydroxylation is 1. The van der Waals surface area contributed by atoms with Crippen LogP contribution in [0.15, 0.2) is 18.2 Å². The first-order valence-electron chi connectivity index (χ1n) is 5.74. The average Bonchev–Trinajstić information content (AvgIpc) is 3.00. The van der Waals surface area contributed by atoms with Gasteiger partial charge in [0.2, 0.25) is 0 Å². The van der Waals surface area contributed by atoms with Crippen LogP contribution in [0.3, 0.4) is 0 Å². The predicted octanol–water partition coefficient (Wildman–Crippen LogP) is 3.02. The molecule has 88 valence electrons. The summed E-state index contributed by atoms with van der Waals surface area (Å²) in [5.41, 5.74) is 2.42. The molecule has 0 radical (unpaired) electrons. The Hall–Kier alpha value is -1.48. The molecule has 4 heteroatoms. The highest BCUT2D eigenvalue weighted by molar-refractivity contribution is 6.35. The van der Waals surface area contributed by atoms with Crippen molar-refractivity contribution in [1.82, 2.24) is 10.3 Å². The predicted molar refractivity (Wildman–Crippen MR) is 68.5 cm³/mol. The van der Waals surface area contributed by atoms with Crippen LogP contribution >= 0.6 is 11.6 Å². The minimum absolute atomic E-state index is 0.00137. The van der Waals surface area contributed by atoms with E-state index in [2.05, 4.69) is 10.3 Å². The summed E-state index contributed by atoms with van der Waals surface area (Å²) in [7, 11) is 0. The molecule has 1 aliphatic carbocycles. The van der Waals surface area contributed by atoms with Crippen LogP contribution in [0.4, 0.5) is 0 Å². The largest absolute Gasteiger partial charge is 0.357 e. The van der Waals surface area contributed by atoms with Crippen molar-refractivity contribution in [1.29, 1.82) is 0 Å². The molecule has 0 bridgehead atoms. The quantitative estimate of drug-likeness (QED) is 0.843. The number of aromatic amines is 1. The second kappa shape index (κ2) is 3.77. The molecule has 0 spiro atoms. The Balaban J connectivity index is 2.11. The van der Waals surface area contributed by atoms with Crippen LogP contribution in [-0.2, 0) is 0 Å². The zero-order chi connectivity index (χ0) is 12.0. The lowest BCUT2D eigenvalue weighted by Crippen LogP contribution is -2.25. The lowest BCUT2D eigenvalue weighted by Gasteiger charge is -2.03. The molecular weight excluding hydrogens is 236 g/mol. The number of fused-ring (bicyclic) bond motifs is 1. The standard InChI is InChI=1S/C13H13ClN2O/c1-7-11(13(17)16-8-5-6-8)9-3-2-4-10(14)12(9)15-7/h2-4,8,15H,5-6H2,1H3,(H,16,17). The molecular formula is C13H13ClN2O. The van der Waals surface area contributed by atoms with Gasteiger partial charge in [0.25, 0.3) is 5.91 Å². The van der Waals surface area contributed by atoms with Gasteiger partial charge in [0.1, 0.15) is 0 Å². The van der Waals surface area contributed by atoms with Crippen molar-refractivity contribution in [3.05, 3.63) is 34.5 Å². The Kier molecular flexibility index (Phi) is 2.37. The maximum atomic E-state index is 12.1. The molecule has 1 aromatic carbocycles. The van der Waals surface area contributed by atoms with Crippen LogP contribution in [0.1, 0.15) is 28.9 Å². The van der Waals surface area contributed by atoms with Crippen LogP contribution < -0.4 is 5.32 Å². The Morgan fingerprint density at radius 3 is 2.94 bits per heavy atom. The van der Waals surface area contributed by atoms with Crippen LogP contribution in [0.2, 0.25) is 5.02 Å². The summed E-state index contributed by atoms with van der Waals surface area (Å²) < 4.78 is 0. The fourth-order valence-electron chi connectivity index (χ4n) is 2.09. The van der Waals surface area contributed by atoms with E-state index in [1.54, 1.807) is 0 Å². The molecule has 0 saturated heterocycles. The van der Waals surface area contributed by atoms with Crippen LogP contribution in [0.5, 0.6) is 0 Å². The second-order valence-corrected chi connectivity index (χ2v) is 4.94. The Morgan fingerprint density at radius 1 is 1.47 bits per heavy atom. The molecule has 17 heavy (non-hydrogen) atoms. The summed E-state index contributed by atoms with van der Waals surface area (Å²) in [6.07, 6.45) is 2.18. The summed E-state index contributed by atoms with van der Waals surface area (Å²) in [5, 5.41) is 4.55. The number of carbonyl (C=O) groups excluding carboxylic acids is 1. The van der Waals surface area contributed by atoms with Gasteiger partial charge in [-0.1, -0.05) is 23.7 Å². The first kappa shape index (κ1) is 10.7. The Morgan fingerprint density at radius 2 is 2.24 bits per heavy atom.